The maximum absolute atomic E-state index is 12.2. The van der Waals surface area contributed by atoms with E-state index in [1.165, 1.54) is 58.3 Å². The van der Waals surface area contributed by atoms with Crippen molar-refractivity contribution in [2.75, 3.05) is 13.1 Å². The monoisotopic (exact) mass is 526 g/mol. The van der Waals surface area contributed by atoms with E-state index in [4.69, 9.17) is 0 Å². The zero-order valence-electron chi connectivity index (χ0n) is 23.3. The predicted octanol–water partition coefficient (Wildman–Crippen LogP) is 3.04. The lowest BCUT2D eigenvalue weighted by Gasteiger charge is -2.22. The third-order valence-corrected chi connectivity index (χ3v) is 6.45. The van der Waals surface area contributed by atoms with Gasteiger partial charge in [-0.15, -0.1) is 0 Å². The van der Waals surface area contributed by atoms with E-state index >= 15 is 0 Å². The number of carbonyl (C=O) groups excluding carboxylic acids is 4. The quantitative estimate of drug-likeness (QED) is 0.137. The van der Waals surface area contributed by atoms with Crippen molar-refractivity contribution in [1.29, 1.82) is 0 Å². The van der Waals surface area contributed by atoms with Crippen LogP contribution in [0.4, 0.5) is 0 Å². The number of aliphatic carboxylic acids is 1. The molecule has 214 valence electrons. The third-order valence-electron chi connectivity index (χ3n) is 6.45. The average molecular weight is 527 g/mol. The Kier molecular flexibility index (Phi) is 19.9. The second-order valence-corrected chi connectivity index (χ2v) is 9.84. The average Bonchev–Trinajstić information content (AvgIpc) is 2.86. The molecule has 37 heavy (non-hydrogen) atoms. The second kappa shape index (κ2) is 21.4. The zero-order chi connectivity index (χ0) is 28.1. The molecule has 0 aliphatic rings. The SMILES string of the molecule is CCCCCCCCCCCCCC(=O)NCC(=O)NCC(=O)N[C@@H](C)C(=O)N[C@H](C(=O)O)[C@@H](C)CC. The molecular weight excluding hydrogens is 476 g/mol. The fourth-order valence-electron chi connectivity index (χ4n) is 3.78. The minimum Gasteiger partial charge on any atom is -0.480 e. The maximum Gasteiger partial charge on any atom is 0.326 e. The maximum atomic E-state index is 12.2. The third kappa shape index (κ3) is 18.3. The van der Waals surface area contributed by atoms with E-state index in [0.717, 1.165) is 19.3 Å². The summed E-state index contributed by atoms with van der Waals surface area (Å²) in [6.07, 6.45) is 14.1. The second-order valence-electron chi connectivity index (χ2n) is 9.84. The summed E-state index contributed by atoms with van der Waals surface area (Å²) in [4.78, 5) is 59.4. The van der Waals surface area contributed by atoms with Crippen LogP contribution in [0.5, 0.6) is 0 Å². The van der Waals surface area contributed by atoms with Crippen molar-refractivity contribution in [3.63, 3.8) is 0 Å². The molecule has 4 amide bonds. The van der Waals surface area contributed by atoms with Crippen molar-refractivity contribution in [2.24, 2.45) is 5.92 Å². The standard InChI is InChI=1S/C27H50N4O6/c1-5-7-8-9-10-11-12-13-14-15-16-17-22(32)28-18-23(33)29-19-24(34)30-21(4)26(35)31-25(27(36)37)20(3)6-2/h20-21,25H,5-19H2,1-4H3,(H,28,32)(H,29,33)(H,30,34)(H,31,35)(H,36,37)/t20-,21-,25-/m0/s1. The van der Waals surface area contributed by atoms with Gasteiger partial charge < -0.3 is 26.4 Å². The van der Waals surface area contributed by atoms with Crippen molar-refractivity contribution in [3.8, 4) is 0 Å². The van der Waals surface area contributed by atoms with Crippen LogP contribution < -0.4 is 21.3 Å². The van der Waals surface area contributed by atoms with Gasteiger partial charge in [-0.2, -0.15) is 0 Å². The molecule has 0 aliphatic carbocycles. The summed E-state index contributed by atoms with van der Waals surface area (Å²) < 4.78 is 0. The van der Waals surface area contributed by atoms with E-state index in [1.54, 1.807) is 6.92 Å². The fourth-order valence-corrected chi connectivity index (χ4v) is 3.78. The van der Waals surface area contributed by atoms with Crippen LogP contribution in [0.2, 0.25) is 0 Å². The summed E-state index contributed by atoms with van der Waals surface area (Å²) in [6.45, 7) is 6.60. The van der Waals surface area contributed by atoms with E-state index in [2.05, 4.69) is 28.2 Å². The number of amides is 4. The summed E-state index contributed by atoms with van der Waals surface area (Å²) in [6, 6.07) is -2.02. The smallest absolute Gasteiger partial charge is 0.326 e. The highest BCUT2D eigenvalue weighted by Gasteiger charge is 2.27. The number of nitrogens with one attached hydrogen (secondary N) is 4. The summed E-state index contributed by atoms with van der Waals surface area (Å²) in [5.41, 5.74) is 0. The molecule has 0 unspecified atom stereocenters. The van der Waals surface area contributed by atoms with Gasteiger partial charge in [-0.1, -0.05) is 91.4 Å². The van der Waals surface area contributed by atoms with Crippen molar-refractivity contribution in [3.05, 3.63) is 0 Å². The lowest BCUT2D eigenvalue weighted by molar-refractivity contribution is -0.143. The van der Waals surface area contributed by atoms with Gasteiger partial charge in [0.2, 0.25) is 23.6 Å². The Hall–Kier alpha value is -2.65. The first-order valence-electron chi connectivity index (χ1n) is 14.0. The molecule has 0 aliphatic heterocycles. The highest BCUT2D eigenvalue weighted by atomic mass is 16.4. The van der Waals surface area contributed by atoms with Gasteiger partial charge >= 0.3 is 5.97 Å². The number of rotatable bonds is 22. The molecule has 0 saturated heterocycles. The summed E-state index contributed by atoms with van der Waals surface area (Å²) >= 11 is 0. The van der Waals surface area contributed by atoms with Crippen molar-refractivity contribution in [2.45, 2.75) is 123 Å². The van der Waals surface area contributed by atoms with Crippen LogP contribution in [0, 0.1) is 5.92 Å². The number of unbranched alkanes of at least 4 members (excludes halogenated alkanes) is 10. The number of hydrogen-bond acceptors (Lipinski definition) is 5. The minimum absolute atomic E-state index is 0.199. The Bertz CT molecular complexity index is 700. The lowest BCUT2D eigenvalue weighted by atomic mass is 9.99. The molecule has 0 bridgehead atoms. The van der Waals surface area contributed by atoms with Gasteiger partial charge in [-0.25, -0.2) is 4.79 Å². The van der Waals surface area contributed by atoms with Gasteiger partial charge in [-0.3, -0.25) is 19.2 Å². The van der Waals surface area contributed by atoms with E-state index < -0.39 is 35.8 Å². The van der Waals surface area contributed by atoms with Crippen LogP contribution in [-0.2, 0) is 24.0 Å². The summed E-state index contributed by atoms with van der Waals surface area (Å²) in [5.74, 6) is -3.34. The van der Waals surface area contributed by atoms with Crippen molar-refractivity contribution >= 4 is 29.6 Å². The molecule has 0 radical (unpaired) electrons. The Morgan fingerprint density at radius 1 is 0.649 bits per heavy atom. The van der Waals surface area contributed by atoms with Crippen LogP contribution in [-0.4, -0.2) is 59.9 Å². The predicted molar refractivity (Wildman–Crippen MR) is 144 cm³/mol. The summed E-state index contributed by atoms with van der Waals surface area (Å²) in [5, 5.41) is 19.0. The lowest BCUT2D eigenvalue weighted by Crippen LogP contribution is -2.53. The highest BCUT2D eigenvalue weighted by molar-refractivity contribution is 5.92. The number of carbonyl (C=O) groups is 5. The molecule has 0 rings (SSSR count). The van der Waals surface area contributed by atoms with Crippen molar-refractivity contribution in [1.82, 2.24) is 21.3 Å². The van der Waals surface area contributed by atoms with Crippen LogP contribution >= 0.6 is 0 Å². The van der Waals surface area contributed by atoms with Gasteiger partial charge in [0.1, 0.15) is 12.1 Å². The Balaban J connectivity index is 3.93. The van der Waals surface area contributed by atoms with Gasteiger partial charge in [0, 0.05) is 6.42 Å². The van der Waals surface area contributed by atoms with Crippen LogP contribution in [0.25, 0.3) is 0 Å². The first-order chi connectivity index (χ1) is 17.6. The van der Waals surface area contributed by atoms with Gasteiger partial charge in [-0.05, 0) is 19.3 Å². The van der Waals surface area contributed by atoms with E-state index in [9.17, 15) is 29.1 Å². The molecule has 10 heteroatoms. The molecule has 0 spiro atoms. The minimum atomic E-state index is -1.14. The first-order valence-corrected chi connectivity index (χ1v) is 14.0. The topological polar surface area (TPSA) is 154 Å². The van der Waals surface area contributed by atoms with Gasteiger partial charge in [0.05, 0.1) is 13.1 Å². The normalized spacial score (nSPS) is 13.2. The Morgan fingerprint density at radius 2 is 1.14 bits per heavy atom. The molecule has 10 nitrogen and oxygen atoms in total. The Labute approximate surface area is 222 Å². The van der Waals surface area contributed by atoms with Crippen LogP contribution in [0.3, 0.4) is 0 Å². The molecule has 5 N–H and O–H groups in total. The van der Waals surface area contributed by atoms with E-state index in [0.29, 0.717) is 12.8 Å². The van der Waals surface area contributed by atoms with Crippen LogP contribution in [0.1, 0.15) is 111 Å². The number of hydrogen-bond donors (Lipinski definition) is 5. The zero-order valence-corrected chi connectivity index (χ0v) is 23.3. The first kappa shape index (κ1) is 34.4. The highest BCUT2D eigenvalue weighted by Crippen LogP contribution is 2.12. The fraction of sp³-hybridized carbons (Fsp3) is 0.815. The van der Waals surface area contributed by atoms with Crippen molar-refractivity contribution < 1.29 is 29.1 Å². The largest absolute Gasteiger partial charge is 0.480 e. The molecule has 0 aromatic heterocycles. The Morgan fingerprint density at radius 3 is 1.65 bits per heavy atom. The van der Waals surface area contributed by atoms with E-state index in [1.807, 2.05) is 6.92 Å². The van der Waals surface area contributed by atoms with Gasteiger partial charge in [0.15, 0.2) is 0 Å². The van der Waals surface area contributed by atoms with E-state index in [-0.39, 0.29) is 24.9 Å². The summed E-state index contributed by atoms with van der Waals surface area (Å²) in [7, 11) is 0. The molecule has 0 aromatic carbocycles. The van der Waals surface area contributed by atoms with Gasteiger partial charge in [0.25, 0.3) is 0 Å². The molecular formula is C27H50N4O6. The molecule has 0 saturated carbocycles. The number of carboxylic acid groups (broad SMARTS) is 1. The molecule has 0 fully saturated rings. The molecule has 0 aromatic rings. The number of carboxylic acids is 1. The van der Waals surface area contributed by atoms with Crippen LogP contribution in [0.15, 0.2) is 0 Å². The molecule has 0 heterocycles. The molecule has 3 atom stereocenters.